The van der Waals surface area contributed by atoms with Crippen molar-refractivity contribution in [3.8, 4) is 5.75 Å². The minimum Gasteiger partial charge on any atom is -0.497 e. The van der Waals surface area contributed by atoms with Gasteiger partial charge >= 0.3 is 0 Å². The third-order valence-corrected chi connectivity index (χ3v) is 3.12. The van der Waals surface area contributed by atoms with Gasteiger partial charge in [-0.1, -0.05) is 24.4 Å². The van der Waals surface area contributed by atoms with Crippen molar-refractivity contribution in [1.29, 1.82) is 0 Å². The molecule has 0 bridgehead atoms. The smallest absolute Gasteiger partial charge is 0.118 e. The number of ether oxygens (including phenoxy) is 2. The first kappa shape index (κ1) is 12.5. The molecule has 0 N–H and O–H groups in total. The Hall–Kier alpha value is -0.970. The Morgan fingerprint density at radius 1 is 1.47 bits per heavy atom. The Bertz CT molecular complexity index is 366. The molecule has 1 fully saturated rings. The van der Waals surface area contributed by atoms with Gasteiger partial charge in [-0.25, -0.2) is 0 Å². The second-order valence-electron chi connectivity index (χ2n) is 4.06. The molecule has 0 saturated carbocycles. The molecule has 1 atom stereocenters. The molecule has 1 unspecified atom stereocenters. The van der Waals surface area contributed by atoms with Crippen LogP contribution >= 0.6 is 12.2 Å². The van der Waals surface area contributed by atoms with Gasteiger partial charge < -0.3 is 9.47 Å². The van der Waals surface area contributed by atoms with Gasteiger partial charge in [0, 0.05) is 19.6 Å². The van der Waals surface area contributed by atoms with Crippen molar-refractivity contribution < 1.29 is 9.47 Å². The standard InChI is InChI=1S/C13H17NO2S/c1-15-12-4-2-11(3-5-12)13-10-14(7-9-17)6-8-16-13/h2-5,9,13H,6-8,10H2,1H3. The zero-order valence-electron chi connectivity index (χ0n) is 9.96. The fourth-order valence-electron chi connectivity index (χ4n) is 1.99. The van der Waals surface area contributed by atoms with Gasteiger partial charge in [-0.05, 0) is 23.1 Å². The lowest BCUT2D eigenvalue weighted by Crippen LogP contribution is -2.39. The summed E-state index contributed by atoms with van der Waals surface area (Å²) in [6, 6.07) is 8.06. The van der Waals surface area contributed by atoms with Gasteiger partial charge in [0.2, 0.25) is 0 Å². The van der Waals surface area contributed by atoms with Crippen LogP contribution in [0.5, 0.6) is 5.75 Å². The average Bonchev–Trinajstić information content (AvgIpc) is 2.40. The molecule has 0 spiro atoms. The second-order valence-corrected chi connectivity index (χ2v) is 4.39. The zero-order valence-corrected chi connectivity index (χ0v) is 10.8. The highest BCUT2D eigenvalue weighted by molar-refractivity contribution is 7.79. The number of hydrogen-bond donors (Lipinski definition) is 0. The largest absolute Gasteiger partial charge is 0.497 e. The van der Waals surface area contributed by atoms with Crippen LogP contribution in [0.2, 0.25) is 0 Å². The maximum Gasteiger partial charge on any atom is 0.118 e. The summed E-state index contributed by atoms with van der Waals surface area (Å²) in [5.41, 5.74) is 1.19. The summed E-state index contributed by atoms with van der Waals surface area (Å²) in [5.74, 6) is 0.875. The predicted molar refractivity (Wildman–Crippen MR) is 71.8 cm³/mol. The maximum absolute atomic E-state index is 5.78. The molecular formula is C13H17NO2S. The first-order chi connectivity index (χ1) is 8.33. The van der Waals surface area contributed by atoms with Gasteiger partial charge in [-0.15, -0.1) is 0 Å². The van der Waals surface area contributed by atoms with Gasteiger partial charge in [-0.2, -0.15) is 0 Å². The summed E-state index contributed by atoms with van der Waals surface area (Å²) in [6.45, 7) is 3.48. The number of nitrogens with zero attached hydrogens (tertiary/aromatic N) is 1. The maximum atomic E-state index is 5.78. The van der Waals surface area contributed by atoms with E-state index in [9.17, 15) is 0 Å². The van der Waals surface area contributed by atoms with Crippen molar-refractivity contribution in [2.24, 2.45) is 0 Å². The van der Waals surface area contributed by atoms with E-state index in [1.807, 2.05) is 12.1 Å². The molecule has 1 aromatic rings. The van der Waals surface area contributed by atoms with E-state index in [1.165, 1.54) is 5.56 Å². The summed E-state index contributed by atoms with van der Waals surface area (Å²) in [7, 11) is 1.67. The van der Waals surface area contributed by atoms with E-state index in [0.717, 1.165) is 32.0 Å². The van der Waals surface area contributed by atoms with Crippen molar-refractivity contribution >= 4 is 17.6 Å². The van der Waals surface area contributed by atoms with Gasteiger partial charge in [0.1, 0.15) is 5.75 Å². The van der Waals surface area contributed by atoms with Crippen molar-refractivity contribution in [3.63, 3.8) is 0 Å². The number of rotatable bonds is 4. The Morgan fingerprint density at radius 3 is 2.88 bits per heavy atom. The molecule has 0 aliphatic carbocycles. The second kappa shape index (κ2) is 6.10. The van der Waals surface area contributed by atoms with Crippen LogP contribution in [0.3, 0.4) is 0 Å². The van der Waals surface area contributed by atoms with E-state index in [1.54, 1.807) is 12.5 Å². The number of benzene rings is 1. The summed E-state index contributed by atoms with van der Waals surface area (Å²) in [5, 5.41) is 1.77. The Labute approximate surface area is 107 Å². The molecule has 3 nitrogen and oxygen atoms in total. The first-order valence-corrected chi connectivity index (χ1v) is 6.22. The molecule has 0 radical (unpaired) electrons. The molecule has 1 aromatic carbocycles. The highest BCUT2D eigenvalue weighted by Crippen LogP contribution is 2.23. The van der Waals surface area contributed by atoms with Crippen molar-refractivity contribution in [3.05, 3.63) is 29.8 Å². The summed E-state index contributed by atoms with van der Waals surface area (Å²) < 4.78 is 10.9. The fourth-order valence-corrected chi connectivity index (χ4v) is 2.20. The molecule has 1 saturated heterocycles. The van der Waals surface area contributed by atoms with Crippen LogP contribution < -0.4 is 4.74 Å². The lowest BCUT2D eigenvalue weighted by molar-refractivity contribution is -0.0242. The van der Waals surface area contributed by atoms with E-state index in [2.05, 4.69) is 17.0 Å². The highest BCUT2D eigenvalue weighted by Gasteiger charge is 2.20. The number of thiocarbonyl (C=S) groups is 1. The van der Waals surface area contributed by atoms with Gasteiger partial charge in [0.15, 0.2) is 0 Å². The normalized spacial score (nSPS) is 21.1. The molecule has 1 heterocycles. The summed E-state index contributed by atoms with van der Waals surface area (Å²) in [6.07, 6.45) is 0.143. The van der Waals surface area contributed by atoms with Crippen LogP contribution in [-0.4, -0.2) is 43.6 Å². The molecule has 92 valence electrons. The van der Waals surface area contributed by atoms with Crippen molar-refractivity contribution in [2.45, 2.75) is 6.10 Å². The molecule has 17 heavy (non-hydrogen) atoms. The zero-order chi connectivity index (χ0) is 12.1. The fraction of sp³-hybridized carbons (Fsp3) is 0.462. The number of hydrogen-bond acceptors (Lipinski definition) is 4. The van der Waals surface area contributed by atoms with E-state index in [-0.39, 0.29) is 6.10 Å². The van der Waals surface area contributed by atoms with Crippen LogP contribution in [0.25, 0.3) is 0 Å². The summed E-state index contributed by atoms with van der Waals surface area (Å²) in [4.78, 5) is 2.31. The van der Waals surface area contributed by atoms with Gasteiger partial charge in [-0.3, -0.25) is 4.90 Å². The minimum absolute atomic E-state index is 0.143. The topological polar surface area (TPSA) is 21.7 Å². The van der Waals surface area contributed by atoms with E-state index in [4.69, 9.17) is 21.7 Å². The third-order valence-electron chi connectivity index (χ3n) is 2.97. The van der Waals surface area contributed by atoms with Gasteiger partial charge in [0.05, 0.1) is 19.8 Å². The SMILES string of the molecule is COc1ccc(C2CN(CC=S)CCO2)cc1. The molecule has 1 aliphatic heterocycles. The van der Waals surface area contributed by atoms with Crippen LogP contribution in [0.1, 0.15) is 11.7 Å². The number of methoxy groups -OCH3 is 1. The molecule has 0 amide bonds. The third kappa shape index (κ3) is 3.25. The Kier molecular flexibility index (Phi) is 4.48. The minimum atomic E-state index is 0.143. The molecule has 4 heteroatoms. The first-order valence-electron chi connectivity index (χ1n) is 5.75. The Morgan fingerprint density at radius 2 is 2.24 bits per heavy atom. The van der Waals surface area contributed by atoms with Crippen LogP contribution in [-0.2, 0) is 4.74 Å². The molecule has 2 rings (SSSR count). The monoisotopic (exact) mass is 251 g/mol. The van der Waals surface area contributed by atoms with Crippen molar-refractivity contribution in [1.82, 2.24) is 4.90 Å². The summed E-state index contributed by atoms with van der Waals surface area (Å²) >= 11 is 4.90. The van der Waals surface area contributed by atoms with Crippen LogP contribution in [0.4, 0.5) is 0 Å². The van der Waals surface area contributed by atoms with Crippen molar-refractivity contribution in [2.75, 3.05) is 33.4 Å². The molecule has 0 aromatic heterocycles. The quantitative estimate of drug-likeness (QED) is 0.764. The van der Waals surface area contributed by atoms with E-state index >= 15 is 0 Å². The number of morpholine rings is 1. The van der Waals surface area contributed by atoms with E-state index in [0.29, 0.717) is 0 Å². The average molecular weight is 251 g/mol. The van der Waals surface area contributed by atoms with Gasteiger partial charge in [0.25, 0.3) is 0 Å². The predicted octanol–water partition coefficient (Wildman–Crippen LogP) is 2.07. The van der Waals surface area contributed by atoms with Crippen LogP contribution in [0.15, 0.2) is 24.3 Å². The molecular weight excluding hydrogens is 234 g/mol. The lowest BCUT2D eigenvalue weighted by atomic mass is 10.1. The molecule has 1 aliphatic rings. The lowest BCUT2D eigenvalue weighted by Gasteiger charge is -2.32. The highest BCUT2D eigenvalue weighted by atomic mass is 32.1. The Balaban J connectivity index is 2.02. The van der Waals surface area contributed by atoms with E-state index < -0.39 is 0 Å². The van der Waals surface area contributed by atoms with Crippen LogP contribution in [0, 0.1) is 0 Å².